The number of halogens is 2. The highest BCUT2D eigenvalue weighted by atomic mass is 19.1. The number of hydrogen-bond donors (Lipinski definition) is 3. The van der Waals surface area contributed by atoms with Crippen molar-refractivity contribution >= 4 is 5.91 Å². The largest absolute Gasteiger partial charge is 0.505 e. The molecule has 7 heteroatoms. The van der Waals surface area contributed by atoms with Crippen LogP contribution in [0.15, 0.2) is 42.5 Å². The maximum Gasteiger partial charge on any atom is 0.251 e. The highest BCUT2D eigenvalue weighted by Crippen LogP contribution is 2.32. The summed E-state index contributed by atoms with van der Waals surface area (Å²) in [4.78, 5) is 12.1. The highest BCUT2D eigenvalue weighted by Gasteiger charge is 2.33. The Labute approximate surface area is 168 Å². The molecular weight excluding hydrogens is 380 g/mol. The minimum absolute atomic E-state index is 0.0808. The van der Waals surface area contributed by atoms with E-state index in [1.807, 2.05) is 0 Å². The van der Waals surface area contributed by atoms with Crippen LogP contribution in [0.1, 0.15) is 41.6 Å². The number of carbonyl (C=O) groups excluding carboxylic acids is 1. The molecule has 0 spiro atoms. The smallest absolute Gasteiger partial charge is 0.251 e. The number of phenolic OH excluding ortho intramolecular Hbond substituents is 1. The summed E-state index contributed by atoms with van der Waals surface area (Å²) < 4.78 is 32.0. The molecule has 1 fully saturated rings. The monoisotopic (exact) mass is 405 g/mol. The van der Waals surface area contributed by atoms with Crippen molar-refractivity contribution in [3.8, 4) is 5.75 Å². The van der Waals surface area contributed by atoms with Crippen LogP contribution in [0.2, 0.25) is 0 Å². The molecule has 0 bridgehead atoms. The molecule has 0 unspecified atom stereocenters. The molecule has 0 atom stereocenters. The zero-order valence-electron chi connectivity index (χ0n) is 16.0. The Morgan fingerprint density at radius 3 is 2.48 bits per heavy atom. The number of carbonyl (C=O) groups is 1. The molecule has 0 aliphatic heterocycles. The summed E-state index contributed by atoms with van der Waals surface area (Å²) in [6.07, 6.45) is 2.59. The zero-order chi connectivity index (χ0) is 20.9. The van der Waals surface area contributed by atoms with E-state index in [4.69, 9.17) is 4.74 Å². The van der Waals surface area contributed by atoms with Crippen molar-refractivity contribution in [1.29, 1.82) is 0 Å². The van der Waals surface area contributed by atoms with Crippen LogP contribution in [-0.2, 0) is 11.3 Å². The average Bonchev–Trinajstić information content (AvgIpc) is 2.71. The van der Waals surface area contributed by atoms with Crippen LogP contribution in [0, 0.1) is 17.6 Å². The van der Waals surface area contributed by atoms with Gasteiger partial charge in [0.05, 0.1) is 12.2 Å². The van der Waals surface area contributed by atoms with Crippen molar-refractivity contribution in [2.24, 2.45) is 5.92 Å². The molecule has 1 amide bonds. The van der Waals surface area contributed by atoms with E-state index in [0.29, 0.717) is 32.0 Å². The molecule has 156 valence electrons. The summed E-state index contributed by atoms with van der Waals surface area (Å²) in [6.45, 7) is 1.06. The van der Waals surface area contributed by atoms with Crippen LogP contribution in [0.4, 0.5) is 8.78 Å². The third kappa shape index (κ3) is 5.98. The molecule has 2 aromatic rings. The third-order valence-electron chi connectivity index (χ3n) is 5.36. The molecule has 29 heavy (non-hydrogen) atoms. The second kappa shape index (κ2) is 9.33. The number of rotatable bonds is 7. The van der Waals surface area contributed by atoms with E-state index in [9.17, 15) is 23.8 Å². The number of phenols is 1. The van der Waals surface area contributed by atoms with E-state index in [1.54, 1.807) is 12.1 Å². The van der Waals surface area contributed by atoms with E-state index >= 15 is 0 Å². The van der Waals surface area contributed by atoms with Gasteiger partial charge in [0.15, 0.2) is 11.6 Å². The van der Waals surface area contributed by atoms with Gasteiger partial charge in [0.25, 0.3) is 5.91 Å². The normalized spacial score (nSPS) is 21.7. The van der Waals surface area contributed by atoms with Crippen LogP contribution in [0.25, 0.3) is 0 Å². The lowest BCUT2D eigenvalue weighted by Gasteiger charge is -2.36. The fourth-order valence-electron chi connectivity index (χ4n) is 3.48. The Hall–Kier alpha value is -2.51. The summed E-state index contributed by atoms with van der Waals surface area (Å²) in [5, 5.41) is 22.5. The van der Waals surface area contributed by atoms with Crippen LogP contribution in [0.5, 0.6) is 5.75 Å². The Morgan fingerprint density at radius 1 is 1.14 bits per heavy atom. The van der Waals surface area contributed by atoms with Crippen LogP contribution >= 0.6 is 0 Å². The zero-order valence-corrected chi connectivity index (χ0v) is 16.0. The predicted molar refractivity (Wildman–Crippen MR) is 103 cm³/mol. The molecule has 0 aromatic heterocycles. The number of hydrogen-bond acceptors (Lipinski definition) is 4. The van der Waals surface area contributed by atoms with Crippen molar-refractivity contribution in [1.82, 2.24) is 5.32 Å². The first kappa shape index (κ1) is 21.2. The summed E-state index contributed by atoms with van der Waals surface area (Å²) in [6, 6.07) is 9.60. The molecule has 1 saturated carbocycles. The third-order valence-corrected chi connectivity index (χ3v) is 5.36. The van der Waals surface area contributed by atoms with E-state index in [0.717, 1.165) is 30.5 Å². The second-order valence-electron chi connectivity index (χ2n) is 7.66. The first-order valence-electron chi connectivity index (χ1n) is 9.66. The Bertz CT molecular complexity index is 833. The number of amides is 1. The molecule has 1 aliphatic carbocycles. The second-order valence-corrected chi connectivity index (χ2v) is 7.66. The maximum atomic E-state index is 13.4. The minimum Gasteiger partial charge on any atom is -0.505 e. The molecule has 0 radical (unpaired) electrons. The van der Waals surface area contributed by atoms with Gasteiger partial charge in [0, 0.05) is 18.7 Å². The molecule has 3 N–H and O–H groups in total. The predicted octanol–water partition coefficient (Wildman–Crippen LogP) is 3.54. The molecule has 0 heterocycles. The minimum atomic E-state index is -1.00. The molecular formula is C22H25F2NO4. The van der Waals surface area contributed by atoms with E-state index in [-0.39, 0.29) is 17.9 Å². The topological polar surface area (TPSA) is 78.8 Å². The maximum absolute atomic E-state index is 13.4. The number of nitrogens with one attached hydrogen (secondary N) is 1. The first-order valence-corrected chi connectivity index (χ1v) is 9.66. The number of ether oxygens (including phenoxy) is 1. The van der Waals surface area contributed by atoms with Gasteiger partial charge in [-0.3, -0.25) is 4.79 Å². The summed E-state index contributed by atoms with van der Waals surface area (Å²) in [5.74, 6) is -1.83. The summed E-state index contributed by atoms with van der Waals surface area (Å²) >= 11 is 0. The van der Waals surface area contributed by atoms with Crippen LogP contribution < -0.4 is 5.32 Å². The van der Waals surface area contributed by atoms with Crippen molar-refractivity contribution in [2.45, 2.75) is 37.9 Å². The van der Waals surface area contributed by atoms with Gasteiger partial charge in [-0.1, -0.05) is 12.1 Å². The lowest BCUT2D eigenvalue weighted by Crippen LogP contribution is -2.45. The van der Waals surface area contributed by atoms with Crippen molar-refractivity contribution in [3.05, 3.63) is 65.2 Å². The molecule has 2 aromatic carbocycles. The van der Waals surface area contributed by atoms with Gasteiger partial charge >= 0.3 is 0 Å². The summed E-state index contributed by atoms with van der Waals surface area (Å²) in [7, 11) is 0. The standard InChI is InChI=1S/C22H25F2NO4/c23-18-4-1-15(2-5-18)12-29-13-16-7-9-22(28,10-8-16)14-25-21(27)17-3-6-20(26)19(24)11-17/h1-6,11,16,26,28H,7-10,12-14H2,(H,25,27)/t16-,22-. The van der Waals surface area contributed by atoms with Gasteiger partial charge in [0.2, 0.25) is 0 Å². The number of aliphatic hydroxyl groups is 1. The van der Waals surface area contributed by atoms with Crippen molar-refractivity contribution < 1.29 is 28.5 Å². The SMILES string of the molecule is O=C(NC[C@]1(O)CC[C@H](COCc2ccc(F)cc2)CC1)c1ccc(O)c(F)c1. The van der Waals surface area contributed by atoms with E-state index in [1.165, 1.54) is 18.2 Å². The fraction of sp³-hybridized carbons (Fsp3) is 0.409. The lowest BCUT2D eigenvalue weighted by atomic mass is 9.79. The summed E-state index contributed by atoms with van der Waals surface area (Å²) in [5.41, 5.74) is -0.00245. The van der Waals surface area contributed by atoms with Gasteiger partial charge in [0.1, 0.15) is 5.82 Å². The van der Waals surface area contributed by atoms with Gasteiger partial charge in [-0.05, 0) is 67.5 Å². The first-order chi connectivity index (χ1) is 13.8. The van der Waals surface area contributed by atoms with Gasteiger partial charge < -0.3 is 20.3 Å². The van der Waals surface area contributed by atoms with Crippen LogP contribution in [0.3, 0.4) is 0 Å². The quantitative estimate of drug-likeness (QED) is 0.658. The molecule has 1 aliphatic rings. The Morgan fingerprint density at radius 2 is 1.83 bits per heavy atom. The van der Waals surface area contributed by atoms with Crippen molar-refractivity contribution in [2.75, 3.05) is 13.2 Å². The number of aromatic hydroxyl groups is 1. The van der Waals surface area contributed by atoms with Gasteiger partial charge in [-0.15, -0.1) is 0 Å². The van der Waals surface area contributed by atoms with Crippen LogP contribution in [-0.4, -0.2) is 34.9 Å². The van der Waals surface area contributed by atoms with E-state index < -0.39 is 23.1 Å². The fourth-order valence-corrected chi connectivity index (χ4v) is 3.48. The molecule has 0 saturated heterocycles. The molecule has 3 rings (SSSR count). The van der Waals surface area contributed by atoms with E-state index in [2.05, 4.69) is 5.32 Å². The lowest BCUT2D eigenvalue weighted by molar-refractivity contribution is -0.0238. The van der Waals surface area contributed by atoms with Gasteiger partial charge in [-0.2, -0.15) is 0 Å². The molecule has 5 nitrogen and oxygen atoms in total. The Balaban J connectivity index is 1.39. The number of benzene rings is 2. The van der Waals surface area contributed by atoms with Gasteiger partial charge in [-0.25, -0.2) is 8.78 Å². The average molecular weight is 405 g/mol. The Kier molecular flexibility index (Phi) is 6.82. The highest BCUT2D eigenvalue weighted by molar-refractivity contribution is 5.94. The van der Waals surface area contributed by atoms with Crippen molar-refractivity contribution in [3.63, 3.8) is 0 Å².